The van der Waals surface area contributed by atoms with Crippen molar-refractivity contribution in [1.82, 2.24) is 24.9 Å². The summed E-state index contributed by atoms with van der Waals surface area (Å²) in [6.45, 7) is 7.39. The molecular weight excluding hydrogens is 350 g/mol. The summed E-state index contributed by atoms with van der Waals surface area (Å²) in [5.74, 6) is 0.438. The molecule has 2 aromatic heterocycles. The van der Waals surface area contributed by atoms with Gasteiger partial charge in [-0.25, -0.2) is 0 Å². The molecule has 1 aliphatic rings. The Labute approximate surface area is 165 Å². The molecule has 6 nitrogen and oxygen atoms in total. The Hall–Kier alpha value is -2.89. The fourth-order valence-corrected chi connectivity index (χ4v) is 3.37. The van der Waals surface area contributed by atoms with Crippen LogP contribution in [0.4, 0.5) is 0 Å². The standard InChI is InChI=1S/C22H27N5O/c1-22(2,3)27-20(13-19(25-27)16-9-10-16)21(28)23-14-17-7-4-5-8-18(17)15-26-12-6-11-24-26/h4-8,11-13,16H,9-10,14-15H2,1-3H3,(H,23,28). The third-order valence-corrected chi connectivity index (χ3v) is 5.04. The van der Waals surface area contributed by atoms with Crippen molar-refractivity contribution >= 4 is 5.91 Å². The van der Waals surface area contributed by atoms with E-state index in [9.17, 15) is 4.79 Å². The van der Waals surface area contributed by atoms with Gasteiger partial charge in [-0.1, -0.05) is 24.3 Å². The first-order valence-electron chi connectivity index (χ1n) is 9.84. The van der Waals surface area contributed by atoms with Crippen LogP contribution in [-0.2, 0) is 18.6 Å². The van der Waals surface area contributed by atoms with Crippen molar-refractivity contribution in [2.24, 2.45) is 0 Å². The fourth-order valence-electron chi connectivity index (χ4n) is 3.37. The molecule has 0 saturated heterocycles. The molecular formula is C22H27N5O. The number of hydrogen-bond donors (Lipinski definition) is 1. The lowest BCUT2D eigenvalue weighted by Gasteiger charge is -2.22. The highest BCUT2D eigenvalue weighted by molar-refractivity contribution is 5.92. The molecule has 1 aliphatic carbocycles. The van der Waals surface area contributed by atoms with Gasteiger partial charge in [-0.3, -0.25) is 14.2 Å². The van der Waals surface area contributed by atoms with E-state index in [1.165, 1.54) is 12.8 Å². The van der Waals surface area contributed by atoms with Crippen LogP contribution in [0.3, 0.4) is 0 Å². The maximum atomic E-state index is 13.0. The molecule has 1 fully saturated rings. The van der Waals surface area contributed by atoms with Crippen molar-refractivity contribution in [1.29, 1.82) is 0 Å². The van der Waals surface area contributed by atoms with Gasteiger partial charge < -0.3 is 5.32 Å². The number of amides is 1. The Morgan fingerprint density at radius 3 is 2.57 bits per heavy atom. The summed E-state index contributed by atoms with van der Waals surface area (Å²) in [4.78, 5) is 13.0. The molecule has 0 radical (unpaired) electrons. The van der Waals surface area contributed by atoms with Crippen LogP contribution in [0, 0.1) is 0 Å². The largest absolute Gasteiger partial charge is 0.347 e. The number of aromatic nitrogens is 4. The summed E-state index contributed by atoms with van der Waals surface area (Å²) in [6.07, 6.45) is 6.05. The molecule has 1 amide bonds. The first kappa shape index (κ1) is 18.5. The van der Waals surface area contributed by atoms with Crippen LogP contribution in [0.1, 0.15) is 66.8 Å². The van der Waals surface area contributed by atoms with Gasteiger partial charge in [-0.15, -0.1) is 0 Å². The molecule has 6 heteroatoms. The Kier molecular flexibility index (Phi) is 4.79. The van der Waals surface area contributed by atoms with E-state index in [0.29, 0.717) is 24.7 Å². The quantitative estimate of drug-likeness (QED) is 0.712. The predicted molar refractivity (Wildman–Crippen MR) is 108 cm³/mol. The van der Waals surface area contributed by atoms with Crippen molar-refractivity contribution in [2.45, 2.75) is 58.2 Å². The topological polar surface area (TPSA) is 64.7 Å². The molecule has 146 valence electrons. The molecule has 4 rings (SSSR count). The molecule has 0 atom stereocenters. The van der Waals surface area contributed by atoms with E-state index in [2.05, 4.69) is 43.3 Å². The lowest BCUT2D eigenvalue weighted by Crippen LogP contribution is -2.32. The normalized spacial score (nSPS) is 14.2. The summed E-state index contributed by atoms with van der Waals surface area (Å²) in [5, 5.41) is 12.1. The second-order valence-electron chi connectivity index (χ2n) is 8.47. The van der Waals surface area contributed by atoms with Crippen molar-refractivity contribution in [3.05, 3.63) is 71.3 Å². The van der Waals surface area contributed by atoms with Crippen LogP contribution < -0.4 is 5.32 Å². The third kappa shape index (κ3) is 4.01. The predicted octanol–water partition coefficient (Wildman–Crippen LogP) is 3.69. The van der Waals surface area contributed by atoms with E-state index >= 15 is 0 Å². The Bertz CT molecular complexity index is 961. The summed E-state index contributed by atoms with van der Waals surface area (Å²) in [5.41, 5.74) is 3.68. The average molecular weight is 377 g/mol. The zero-order valence-corrected chi connectivity index (χ0v) is 16.7. The second-order valence-corrected chi connectivity index (χ2v) is 8.47. The number of benzene rings is 1. The van der Waals surface area contributed by atoms with Gasteiger partial charge in [-0.2, -0.15) is 10.2 Å². The van der Waals surface area contributed by atoms with Gasteiger partial charge in [0.15, 0.2) is 0 Å². The maximum Gasteiger partial charge on any atom is 0.269 e. The Morgan fingerprint density at radius 1 is 1.18 bits per heavy atom. The van der Waals surface area contributed by atoms with E-state index in [0.717, 1.165) is 16.8 Å². The zero-order chi connectivity index (χ0) is 19.7. The van der Waals surface area contributed by atoms with Gasteiger partial charge >= 0.3 is 0 Å². The minimum Gasteiger partial charge on any atom is -0.347 e. The van der Waals surface area contributed by atoms with Crippen molar-refractivity contribution in [2.75, 3.05) is 0 Å². The molecule has 1 aromatic carbocycles. The summed E-state index contributed by atoms with van der Waals surface area (Å²) in [7, 11) is 0. The van der Waals surface area contributed by atoms with Crippen LogP contribution in [-0.4, -0.2) is 25.5 Å². The van der Waals surface area contributed by atoms with Crippen LogP contribution in [0.5, 0.6) is 0 Å². The van der Waals surface area contributed by atoms with Gasteiger partial charge in [0.2, 0.25) is 0 Å². The van der Waals surface area contributed by atoms with Crippen molar-refractivity contribution in [3.8, 4) is 0 Å². The number of nitrogens with one attached hydrogen (secondary N) is 1. The van der Waals surface area contributed by atoms with E-state index < -0.39 is 0 Å². The SMILES string of the molecule is CC(C)(C)n1nc(C2CC2)cc1C(=O)NCc1ccccc1Cn1cccn1. The Morgan fingerprint density at radius 2 is 1.93 bits per heavy atom. The van der Waals surface area contributed by atoms with E-state index in [4.69, 9.17) is 5.10 Å². The lowest BCUT2D eigenvalue weighted by molar-refractivity contribution is 0.0932. The number of carbonyl (C=O) groups excluding carboxylic acids is 1. The highest BCUT2D eigenvalue weighted by atomic mass is 16.2. The molecule has 0 spiro atoms. The van der Waals surface area contributed by atoms with Crippen LogP contribution in [0.15, 0.2) is 48.8 Å². The minimum atomic E-state index is -0.238. The van der Waals surface area contributed by atoms with Gasteiger partial charge in [-0.05, 0) is 56.9 Å². The molecule has 2 heterocycles. The smallest absolute Gasteiger partial charge is 0.269 e. The monoisotopic (exact) mass is 377 g/mol. The number of rotatable bonds is 6. The molecule has 0 aliphatic heterocycles. The molecule has 0 bridgehead atoms. The highest BCUT2D eigenvalue weighted by Gasteiger charge is 2.31. The summed E-state index contributed by atoms with van der Waals surface area (Å²) in [6, 6.07) is 12.0. The minimum absolute atomic E-state index is 0.0804. The number of carbonyl (C=O) groups is 1. The van der Waals surface area contributed by atoms with Crippen molar-refractivity contribution < 1.29 is 4.79 Å². The second kappa shape index (κ2) is 7.26. The van der Waals surface area contributed by atoms with Crippen LogP contribution in [0.2, 0.25) is 0 Å². The zero-order valence-electron chi connectivity index (χ0n) is 16.7. The molecule has 3 aromatic rings. The Balaban J connectivity index is 1.51. The van der Waals surface area contributed by atoms with Crippen LogP contribution >= 0.6 is 0 Å². The van der Waals surface area contributed by atoms with E-state index in [1.807, 2.05) is 39.8 Å². The van der Waals surface area contributed by atoms with E-state index in [1.54, 1.807) is 6.20 Å². The maximum absolute atomic E-state index is 13.0. The van der Waals surface area contributed by atoms with Gasteiger partial charge in [0.1, 0.15) is 5.69 Å². The first-order valence-corrected chi connectivity index (χ1v) is 9.84. The molecule has 28 heavy (non-hydrogen) atoms. The van der Waals surface area contributed by atoms with Gasteiger partial charge in [0, 0.05) is 24.9 Å². The summed E-state index contributed by atoms with van der Waals surface area (Å²) < 4.78 is 3.75. The summed E-state index contributed by atoms with van der Waals surface area (Å²) >= 11 is 0. The number of hydrogen-bond acceptors (Lipinski definition) is 3. The average Bonchev–Trinajstić information content (AvgIpc) is 3.18. The fraction of sp³-hybridized carbons (Fsp3) is 0.409. The first-order chi connectivity index (χ1) is 13.4. The number of nitrogens with zero attached hydrogens (tertiary/aromatic N) is 4. The van der Waals surface area contributed by atoms with Crippen molar-refractivity contribution in [3.63, 3.8) is 0 Å². The van der Waals surface area contributed by atoms with Crippen LogP contribution in [0.25, 0.3) is 0 Å². The van der Waals surface area contributed by atoms with Gasteiger partial charge in [0.05, 0.1) is 17.8 Å². The highest BCUT2D eigenvalue weighted by Crippen LogP contribution is 2.40. The molecule has 0 unspecified atom stereocenters. The molecule has 1 saturated carbocycles. The van der Waals surface area contributed by atoms with E-state index in [-0.39, 0.29) is 11.4 Å². The lowest BCUT2D eigenvalue weighted by atomic mass is 10.1. The van der Waals surface area contributed by atoms with Gasteiger partial charge in [0.25, 0.3) is 5.91 Å². The molecule has 1 N–H and O–H groups in total. The third-order valence-electron chi connectivity index (χ3n) is 5.04.